The lowest BCUT2D eigenvalue weighted by Gasteiger charge is -2.25. The number of rotatable bonds is 6. The van der Waals surface area contributed by atoms with Crippen LogP contribution < -0.4 is 5.32 Å². The third-order valence-corrected chi connectivity index (χ3v) is 2.76. The topological polar surface area (TPSA) is 30.5 Å². The van der Waals surface area contributed by atoms with Crippen molar-refractivity contribution in [3.05, 3.63) is 0 Å². The average molecular weight is 215 g/mol. The van der Waals surface area contributed by atoms with Crippen LogP contribution in [0.2, 0.25) is 0 Å². The average Bonchev–Trinajstić information content (AvgIpc) is 2.25. The number of nitrogens with one attached hydrogen (secondary N) is 1. The summed E-state index contributed by atoms with van der Waals surface area (Å²) in [5.41, 5.74) is 0. The normalized spacial score (nSPS) is 24.4. The van der Waals surface area contributed by atoms with Gasteiger partial charge in [0.2, 0.25) is 0 Å². The monoisotopic (exact) mass is 215 g/mol. The van der Waals surface area contributed by atoms with E-state index in [0.717, 1.165) is 32.3 Å². The van der Waals surface area contributed by atoms with E-state index in [1.165, 1.54) is 12.8 Å². The molecule has 1 N–H and O–H groups in total. The van der Waals surface area contributed by atoms with Gasteiger partial charge in [-0.2, -0.15) is 0 Å². The standard InChI is InChI=1S/C12H25NO2/c1-10(2)4-5-11(3)13-8-12-9-14-6-7-15-12/h10-13H,4-9H2,1-3H3. The van der Waals surface area contributed by atoms with Crippen LogP contribution in [0.3, 0.4) is 0 Å². The van der Waals surface area contributed by atoms with Crippen LogP contribution in [0.1, 0.15) is 33.6 Å². The summed E-state index contributed by atoms with van der Waals surface area (Å²) in [4.78, 5) is 0. The molecule has 0 amide bonds. The van der Waals surface area contributed by atoms with E-state index in [1.807, 2.05) is 0 Å². The van der Waals surface area contributed by atoms with Gasteiger partial charge >= 0.3 is 0 Å². The van der Waals surface area contributed by atoms with Crippen LogP contribution in [-0.2, 0) is 9.47 Å². The van der Waals surface area contributed by atoms with Crippen LogP contribution >= 0.6 is 0 Å². The Kier molecular flexibility index (Phi) is 6.22. The molecule has 2 atom stereocenters. The summed E-state index contributed by atoms with van der Waals surface area (Å²) in [6, 6.07) is 0.581. The van der Waals surface area contributed by atoms with Crippen molar-refractivity contribution in [2.75, 3.05) is 26.4 Å². The second-order valence-corrected chi connectivity index (χ2v) is 4.85. The van der Waals surface area contributed by atoms with Crippen molar-refractivity contribution in [1.29, 1.82) is 0 Å². The number of hydrogen-bond acceptors (Lipinski definition) is 3. The molecule has 0 bridgehead atoms. The van der Waals surface area contributed by atoms with Crippen LogP contribution in [-0.4, -0.2) is 38.5 Å². The fourth-order valence-corrected chi connectivity index (χ4v) is 1.67. The molecule has 1 saturated heterocycles. The highest BCUT2D eigenvalue weighted by Crippen LogP contribution is 2.07. The summed E-state index contributed by atoms with van der Waals surface area (Å²) in [6.45, 7) is 9.93. The molecule has 0 aromatic heterocycles. The lowest BCUT2D eigenvalue weighted by Crippen LogP contribution is -2.40. The third kappa shape index (κ3) is 6.13. The zero-order valence-electron chi connectivity index (χ0n) is 10.3. The Hall–Kier alpha value is -0.120. The van der Waals surface area contributed by atoms with Gasteiger partial charge in [0, 0.05) is 12.6 Å². The van der Waals surface area contributed by atoms with Crippen molar-refractivity contribution in [1.82, 2.24) is 5.32 Å². The molecule has 1 rings (SSSR count). The number of hydrogen-bond donors (Lipinski definition) is 1. The summed E-state index contributed by atoms with van der Waals surface area (Å²) in [7, 11) is 0. The van der Waals surface area contributed by atoms with Gasteiger partial charge in [0.15, 0.2) is 0 Å². The van der Waals surface area contributed by atoms with Crippen LogP contribution in [0.25, 0.3) is 0 Å². The summed E-state index contributed by atoms with van der Waals surface area (Å²) in [5.74, 6) is 0.795. The minimum atomic E-state index is 0.250. The van der Waals surface area contributed by atoms with Gasteiger partial charge in [0.1, 0.15) is 0 Å². The van der Waals surface area contributed by atoms with E-state index in [0.29, 0.717) is 6.04 Å². The Morgan fingerprint density at radius 2 is 2.00 bits per heavy atom. The molecule has 0 aromatic rings. The van der Waals surface area contributed by atoms with Gasteiger partial charge in [-0.05, 0) is 25.7 Å². The fourth-order valence-electron chi connectivity index (χ4n) is 1.67. The molecule has 1 aliphatic rings. The molecule has 0 radical (unpaired) electrons. The molecule has 0 aromatic carbocycles. The van der Waals surface area contributed by atoms with Gasteiger partial charge < -0.3 is 14.8 Å². The fraction of sp³-hybridized carbons (Fsp3) is 1.00. The highest BCUT2D eigenvalue weighted by Gasteiger charge is 2.14. The van der Waals surface area contributed by atoms with E-state index in [4.69, 9.17) is 9.47 Å². The molecular weight excluding hydrogens is 190 g/mol. The molecule has 0 aliphatic carbocycles. The Labute approximate surface area is 93.5 Å². The number of ether oxygens (including phenoxy) is 2. The quantitative estimate of drug-likeness (QED) is 0.733. The highest BCUT2D eigenvalue weighted by molar-refractivity contribution is 4.68. The smallest absolute Gasteiger partial charge is 0.0933 e. The van der Waals surface area contributed by atoms with E-state index < -0.39 is 0 Å². The second-order valence-electron chi connectivity index (χ2n) is 4.85. The third-order valence-electron chi connectivity index (χ3n) is 2.76. The molecule has 3 heteroatoms. The van der Waals surface area contributed by atoms with Crippen LogP contribution in [0.4, 0.5) is 0 Å². The summed E-state index contributed by atoms with van der Waals surface area (Å²) >= 11 is 0. The van der Waals surface area contributed by atoms with Gasteiger partial charge in [-0.15, -0.1) is 0 Å². The van der Waals surface area contributed by atoms with E-state index in [2.05, 4.69) is 26.1 Å². The SMILES string of the molecule is CC(C)CCC(C)NCC1COCCO1. The first-order valence-electron chi connectivity index (χ1n) is 6.11. The Bertz CT molecular complexity index is 156. The van der Waals surface area contributed by atoms with Crippen LogP contribution in [0.5, 0.6) is 0 Å². The Morgan fingerprint density at radius 3 is 2.60 bits per heavy atom. The van der Waals surface area contributed by atoms with E-state index >= 15 is 0 Å². The van der Waals surface area contributed by atoms with Gasteiger partial charge in [0.05, 0.1) is 25.9 Å². The largest absolute Gasteiger partial charge is 0.376 e. The minimum absolute atomic E-state index is 0.250. The van der Waals surface area contributed by atoms with Gasteiger partial charge in [-0.1, -0.05) is 13.8 Å². The first-order chi connectivity index (χ1) is 7.18. The Morgan fingerprint density at radius 1 is 1.20 bits per heavy atom. The maximum atomic E-state index is 5.57. The van der Waals surface area contributed by atoms with Crippen molar-refractivity contribution in [3.63, 3.8) is 0 Å². The molecule has 15 heavy (non-hydrogen) atoms. The molecule has 1 fully saturated rings. The van der Waals surface area contributed by atoms with E-state index in [-0.39, 0.29) is 6.10 Å². The van der Waals surface area contributed by atoms with E-state index in [1.54, 1.807) is 0 Å². The van der Waals surface area contributed by atoms with Crippen molar-refractivity contribution in [2.24, 2.45) is 5.92 Å². The predicted octanol–water partition coefficient (Wildman–Crippen LogP) is 1.82. The van der Waals surface area contributed by atoms with Crippen molar-refractivity contribution in [2.45, 2.75) is 45.8 Å². The first kappa shape index (κ1) is 12.9. The minimum Gasteiger partial charge on any atom is -0.376 e. The molecule has 1 heterocycles. The molecule has 3 nitrogen and oxygen atoms in total. The van der Waals surface area contributed by atoms with Gasteiger partial charge in [-0.3, -0.25) is 0 Å². The Balaban J connectivity index is 2.02. The molecule has 0 saturated carbocycles. The molecule has 2 unspecified atom stereocenters. The summed E-state index contributed by atoms with van der Waals surface area (Å²) in [6.07, 6.45) is 2.78. The van der Waals surface area contributed by atoms with Crippen LogP contribution in [0.15, 0.2) is 0 Å². The van der Waals surface area contributed by atoms with Crippen molar-refractivity contribution in [3.8, 4) is 0 Å². The van der Waals surface area contributed by atoms with E-state index in [9.17, 15) is 0 Å². The second kappa shape index (κ2) is 7.20. The molecule has 90 valence electrons. The van der Waals surface area contributed by atoms with Crippen LogP contribution in [0, 0.1) is 5.92 Å². The van der Waals surface area contributed by atoms with Gasteiger partial charge in [-0.25, -0.2) is 0 Å². The highest BCUT2D eigenvalue weighted by atomic mass is 16.6. The van der Waals surface area contributed by atoms with Gasteiger partial charge in [0.25, 0.3) is 0 Å². The predicted molar refractivity (Wildman–Crippen MR) is 62.1 cm³/mol. The van der Waals surface area contributed by atoms with Crippen molar-refractivity contribution < 1.29 is 9.47 Å². The molecule has 0 spiro atoms. The lowest BCUT2D eigenvalue weighted by molar-refractivity contribution is -0.0870. The maximum absolute atomic E-state index is 5.57. The lowest BCUT2D eigenvalue weighted by atomic mass is 10.0. The summed E-state index contributed by atoms with van der Waals surface area (Å²) in [5, 5.41) is 3.50. The maximum Gasteiger partial charge on any atom is 0.0933 e. The molecular formula is C12H25NO2. The zero-order chi connectivity index (χ0) is 11.1. The summed E-state index contributed by atoms with van der Waals surface area (Å²) < 4.78 is 10.9. The first-order valence-corrected chi connectivity index (χ1v) is 6.11. The molecule has 1 aliphatic heterocycles. The zero-order valence-corrected chi connectivity index (χ0v) is 10.3. The van der Waals surface area contributed by atoms with Crippen molar-refractivity contribution >= 4 is 0 Å².